The molecule has 0 saturated carbocycles. The van der Waals surface area contributed by atoms with E-state index in [-0.39, 0.29) is 0 Å². The molecule has 0 heterocycles. The van der Waals surface area contributed by atoms with Gasteiger partial charge in [-0.3, -0.25) is 0 Å². The lowest BCUT2D eigenvalue weighted by molar-refractivity contribution is 0.480. The van der Waals surface area contributed by atoms with E-state index in [4.69, 9.17) is 0 Å². The maximum Gasteiger partial charge on any atom is 0.123 e. The topological polar surface area (TPSA) is 23.5 Å². The van der Waals surface area contributed by atoms with Crippen molar-refractivity contribution in [1.29, 1.82) is 0 Å². The molecule has 1 N–H and O–H groups in total. The van der Waals surface area contributed by atoms with Gasteiger partial charge < -0.3 is 10.0 Å². The first-order valence-electron chi connectivity index (χ1n) is 7.57. The summed E-state index contributed by atoms with van der Waals surface area (Å²) in [7, 11) is 3.24. The van der Waals surface area contributed by atoms with Crippen LogP contribution in [0.3, 0.4) is 0 Å². The smallest absolute Gasteiger partial charge is 0.123 e. The molecule has 0 aliphatic rings. The maximum absolute atomic E-state index is 10.3. The predicted molar refractivity (Wildman–Crippen MR) is 104 cm³/mol. The molecule has 2 aromatic carbocycles. The van der Waals surface area contributed by atoms with Crippen LogP contribution in [0.4, 0.5) is 5.69 Å². The molecule has 2 aromatic rings. The van der Waals surface area contributed by atoms with E-state index in [0.29, 0.717) is 14.3 Å². The second-order valence-electron chi connectivity index (χ2n) is 7.02. The Balaban J connectivity index is 2.43. The molecule has 2 nitrogen and oxygen atoms in total. The van der Waals surface area contributed by atoms with Crippen molar-refractivity contribution in [3.8, 4) is 5.75 Å². The Morgan fingerprint density at radius 1 is 0.955 bits per heavy atom. The second kappa shape index (κ2) is 6.43. The quantitative estimate of drug-likeness (QED) is 0.688. The Morgan fingerprint density at radius 3 is 2.23 bits per heavy atom. The summed E-state index contributed by atoms with van der Waals surface area (Å²) in [6.07, 6.45) is 0. The van der Waals surface area contributed by atoms with Crippen LogP contribution < -0.4 is 20.7 Å². The zero-order valence-corrected chi connectivity index (χ0v) is 16.4. The number of aryl methyl sites for hydroxylation is 1. The van der Waals surface area contributed by atoms with Gasteiger partial charge in [-0.05, 0) is 24.6 Å². The van der Waals surface area contributed by atoms with Crippen LogP contribution in [0, 0.1) is 6.92 Å². The molecular weight excluding hydrogens is 305 g/mol. The molecule has 0 saturated heterocycles. The number of nitrogens with zero attached hydrogens (tertiary/aromatic N) is 1. The van der Waals surface area contributed by atoms with E-state index in [0.717, 1.165) is 5.30 Å². The van der Waals surface area contributed by atoms with Crippen LogP contribution >= 0.6 is 8.58 Å². The number of phenols is 1. The zero-order valence-electron chi connectivity index (χ0n) is 14.4. The van der Waals surface area contributed by atoms with E-state index in [1.54, 1.807) is 0 Å². The fraction of sp³-hybridized carbons (Fsp3) is 0.333. The minimum Gasteiger partial charge on any atom is -0.507 e. The summed E-state index contributed by atoms with van der Waals surface area (Å²) >= 11 is 0. The highest BCUT2D eigenvalue weighted by Gasteiger charge is 2.18. The normalized spacial score (nSPS) is 12.1. The number of phenolic OH excluding ortho intramolecular Hbond substituents is 1. The highest BCUT2D eigenvalue weighted by molar-refractivity contribution is 7.56. The standard InChI is InChI=1S/C18H26NOPSi/c1-13-7-10-17(15(11-13)19(2)3)21-18-12-14(22(4,5)6)8-9-16(18)20/h7-12,20-21H,1-6H3. The third-order valence-corrected chi connectivity index (χ3v) is 7.17. The average molecular weight is 331 g/mol. The van der Waals surface area contributed by atoms with Gasteiger partial charge in [-0.2, -0.15) is 0 Å². The van der Waals surface area contributed by atoms with Gasteiger partial charge in [-0.15, -0.1) is 0 Å². The van der Waals surface area contributed by atoms with Crippen molar-refractivity contribution >= 4 is 38.1 Å². The predicted octanol–water partition coefficient (Wildman–Crippen LogP) is 2.94. The summed E-state index contributed by atoms with van der Waals surface area (Å²) in [5.74, 6) is 0.408. The molecule has 0 spiro atoms. The van der Waals surface area contributed by atoms with Gasteiger partial charge in [-0.1, -0.05) is 57.7 Å². The summed E-state index contributed by atoms with van der Waals surface area (Å²) in [6.45, 7) is 9.12. The number of anilines is 1. The first-order chi connectivity index (χ1) is 10.2. The molecule has 0 radical (unpaired) electrons. The summed E-state index contributed by atoms with van der Waals surface area (Å²) in [5.41, 5.74) is 2.49. The number of hydrogen-bond acceptors (Lipinski definition) is 2. The van der Waals surface area contributed by atoms with E-state index in [2.05, 4.69) is 75.9 Å². The van der Waals surface area contributed by atoms with Crippen molar-refractivity contribution in [2.75, 3.05) is 19.0 Å². The summed E-state index contributed by atoms with van der Waals surface area (Å²) in [6, 6.07) is 12.7. The maximum atomic E-state index is 10.3. The van der Waals surface area contributed by atoms with Crippen LogP contribution in [0.5, 0.6) is 5.75 Å². The Morgan fingerprint density at radius 2 is 1.64 bits per heavy atom. The molecule has 1 atom stereocenters. The van der Waals surface area contributed by atoms with Crippen LogP contribution in [0.2, 0.25) is 19.6 Å². The van der Waals surface area contributed by atoms with E-state index in [9.17, 15) is 5.11 Å². The lowest BCUT2D eigenvalue weighted by Crippen LogP contribution is -2.38. The van der Waals surface area contributed by atoms with Gasteiger partial charge in [0.2, 0.25) is 0 Å². The average Bonchev–Trinajstić information content (AvgIpc) is 2.41. The van der Waals surface area contributed by atoms with Gasteiger partial charge in [0.05, 0.1) is 8.07 Å². The first kappa shape index (κ1) is 17.0. The zero-order chi connectivity index (χ0) is 16.5. The molecule has 4 heteroatoms. The van der Waals surface area contributed by atoms with E-state index < -0.39 is 8.07 Å². The van der Waals surface area contributed by atoms with Gasteiger partial charge in [-0.25, -0.2) is 0 Å². The number of benzene rings is 2. The summed E-state index contributed by atoms with van der Waals surface area (Å²) in [5, 5.41) is 14.0. The van der Waals surface area contributed by atoms with Crippen molar-refractivity contribution < 1.29 is 5.11 Å². The first-order valence-corrected chi connectivity index (χ1v) is 12.1. The molecule has 0 fully saturated rings. The van der Waals surface area contributed by atoms with E-state index in [1.807, 2.05) is 6.07 Å². The largest absolute Gasteiger partial charge is 0.507 e. The Bertz CT molecular complexity index is 677. The van der Waals surface area contributed by atoms with Gasteiger partial charge >= 0.3 is 0 Å². The molecular formula is C18H26NOPSi. The highest BCUT2D eigenvalue weighted by atomic mass is 31.1. The molecule has 0 aliphatic carbocycles. The highest BCUT2D eigenvalue weighted by Crippen LogP contribution is 2.24. The van der Waals surface area contributed by atoms with E-state index >= 15 is 0 Å². The molecule has 0 aliphatic heterocycles. The number of aromatic hydroxyl groups is 1. The Kier molecular flexibility index (Phi) is 4.99. The molecule has 118 valence electrons. The third kappa shape index (κ3) is 3.91. The van der Waals surface area contributed by atoms with Crippen LogP contribution in [-0.2, 0) is 0 Å². The van der Waals surface area contributed by atoms with Crippen LogP contribution in [0.1, 0.15) is 5.56 Å². The lowest BCUT2D eigenvalue weighted by Gasteiger charge is -2.21. The number of rotatable bonds is 4. The van der Waals surface area contributed by atoms with Crippen molar-refractivity contribution in [3.05, 3.63) is 42.0 Å². The lowest BCUT2D eigenvalue weighted by atomic mass is 10.2. The minimum atomic E-state index is -1.37. The van der Waals surface area contributed by atoms with Crippen molar-refractivity contribution in [3.63, 3.8) is 0 Å². The van der Waals surface area contributed by atoms with Gasteiger partial charge in [0, 0.05) is 30.4 Å². The van der Waals surface area contributed by atoms with E-state index in [1.165, 1.54) is 21.7 Å². The number of hydrogen-bond donors (Lipinski definition) is 1. The molecule has 0 amide bonds. The van der Waals surface area contributed by atoms with Gasteiger partial charge in [0.15, 0.2) is 0 Å². The molecule has 0 aromatic heterocycles. The SMILES string of the molecule is Cc1ccc(Pc2cc([Si](C)(C)C)ccc2O)c(N(C)C)c1. The fourth-order valence-electron chi connectivity index (χ4n) is 2.37. The summed E-state index contributed by atoms with van der Waals surface area (Å²) < 4.78 is 0. The van der Waals surface area contributed by atoms with Crippen molar-refractivity contribution in [2.24, 2.45) is 0 Å². The minimum absolute atomic E-state index is 0.408. The van der Waals surface area contributed by atoms with Crippen molar-refractivity contribution in [2.45, 2.75) is 26.6 Å². The van der Waals surface area contributed by atoms with Crippen LogP contribution in [-0.4, -0.2) is 27.3 Å². The third-order valence-electron chi connectivity index (χ3n) is 3.77. The van der Waals surface area contributed by atoms with Crippen LogP contribution in [0.15, 0.2) is 36.4 Å². The fourth-order valence-corrected chi connectivity index (χ4v) is 4.99. The molecule has 1 unspecified atom stereocenters. The van der Waals surface area contributed by atoms with Gasteiger partial charge in [0.25, 0.3) is 0 Å². The summed E-state index contributed by atoms with van der Waals surface area (Å²) in [4.78, 5) is 2.15. The molecule has 0 bridgehead atoms. The molecule has 22 heavy (non-hydrogen) atoms. The van der Waals surface area contributed by atoms with Crippen LogP contribution in [0.25, 0.3) is 0 Å². The van der Waals surface area contributed by atoms with Crippen molar-refractivity contribution in [1.82, 2.24) is 0 Å². The second-order valence-corrected chi connectivity index (χ2v) is 13.4. The Hall–Kier alpha value is -1.31. The van der Waals surface area contributed by atoms with Gasteiger partial charge in [0.1, 0.15) is 5.75 Å². The Labute approximate surface area is 137 Å². The molecule has 2 rings (SSSR count). The monoisotopic (exact) mass is 331 g/mol.